The van der Waals surface area contributed by atoms with E-state index in [0.29, 0.717) is 5.69 Å². The zero-order chi connectivity index (χ0) is 26.2. The number of amides is 4. The first-order chi connectivity index (χ1) is 17.2. The number of aryl methyl sites for hydroxylation is 1. The van der Waals surface area contributed by atoms with Crippen LogP contribution in [0.3, 0.4) is 0 Å². The lowest BCUT2D eigenvalue weighted by Crippen LogP contribution is -2.67. The van der Waals surface area contributed by atoms with Gasteiger partial charge in [0.2, 0.25) is 0 Å². The first-order valence-corrected chi connectivity index (χ1v) is 12.3. The maximum atomic E-state index is 13.5. The fourth-order valence-electron chi connectivity index (χ4n) is 3.98. The van der Waals surface area contributed by atoms with Gasteiger partial charge in [0.15, 0.2) is 6.29 Å². The second kappa shape index (κ2) is 12.3. The van der Waals surface area contributed by atoms with Crippen LogP contribution >= 0.6 is 0 Å². The molecular weight excluding hydrogens is 460 g/mol. The molecule has 1 aliphatic rings. The number of methoxy groups -OCH3 is 1. The standard InChI is InChI=1S/C27H36N4O5/c1-6-7-20(4)36-23-14-12-22(13-15-23)28-25-29-26(33)31(16-19(3)24(32)35-5)27(34)30(25)17-21-10-8-18(2)9-11-21/h8-15,19-20,25,28H,6-7,16-17H2,1-5H3,(H,29,33)/t19-,20-,25?/m0/s1. The quantitative estimate of drug-likeness (QED) is 0.437. The number of nitrogens with zero attached hydrogens (tertiary/aromatic N) is 2. The summed E-state index contributed by atoms with van der Waals surface area (Å²) in [7, 11) is 1.28. The van der Waals surface area contributed by atoms with Crippen molar-refractivity contribution < 1.29 is 23.9 Å². The first kappa shape index (κ1) is 26.8. The van der Waals surface area contributed by atoms with Gasteiger partial charge in [-0.25, -0.2) is 14.5 Å². The minimum atomic E-state index is -0.790. The zero-order valence-electron chi connectivity index (χ0n) is 21.6. The molecule has 4 amide bonds. The Labute approximate surface area is 212 Å². The Hall–Kier alpha value is -3.75. The van der Waals surface area contributed by atoms with Crippen molar-refractivity contribution in [3.05, 3.63) is 59.7 Å². The van der Waals surface area contributed by atoms with E-state index in [9.17, 15) is 14.4 Å². The minimum Gasteiger partial charge on any atom is -0.491 e. The van der Waals surface area contributed by atoms with Crippen LogP contribution in [0.15, 0.2) is 48.5 Å². The number of hydrogen-bond acceptors (Lipinski definition) is 6. The van der Waals surface area contributed by atoms with Gasteiger partial charge in [0.05, 0.1) is 25.7 Å². The highest BCUT2D eigenvalue weighted by atomic mass is 16.5. The van der Waals surface area contributed by atoms with Crippen molar-refractivity contribution in [1.29, 1.82) is 0 Å². The number of rotatable bonds is 11. The number of ether oxygens (including phenoxy) is 2. The molecule has 1 aliphatic heterocycles. The van der Waals surface area contributed by atoms with E-state index in [-0.39, 0.29) is 19.2 Å². The van der Waals surface area contributed by atoms with Gasteiger partial charge >= 0.3 is 18.0 Å². The van der Waals surface area contributed by atoms with Crippen LogP contribution in [0, 0.1) is 12.8 Å². The lowest BCUT2D eigenvalue weighted by Gasteiger charge is -2.41. The van der Waals surface area contributed by atoms with Gasteiger partial charge in [0.25, 0.3) is 0 Å². The van der Waals surface area contributed by atoms with Crippen molar-refractivity contribution in [3.63, 3.8) is 0 Å². The second-order valence-electron chi connectivity index (χ2n) is 9.17. The van der Waals surface area contributed by atoms with E-state index in [4.69, 9.17) is 9.47 Å². The van der Waals surface area contributed by atoms with Crippen LogP contribution < -0.4 is 15.4 Å². The molecule has 2 N–H and O–H groups in total. The van der Waals surface area contributed by atoms with E-state index in [1.165, 1.54) is 12.0 Å². The van der Waals surface area contributed by atoms with E-state index in [1.54, 1.807) is 6.92 Å². The third kappa shape index (κ3) is 6.90. The summed E-state index contributed by atoms with van der Waals surface area (Å²) in [5.41, 5.74) is 2.73. The molecule has 3 atom stereocenters. The van der Waals surface area contributed by atoms with Gasteiger partial charge in [0, 0.05) is 12.2 Å². The summed E-state index contributed by atoms with van der Waals surface area (Å²) in [6.07, 6.45) is 1.34. The molecule has 2 aromatic carbocycles. The van der Waals surface area contributed by atoms with Gasteiger partial charge in [-0.05, 0) is 50.1 Å². The maximum Gasteiger partial charge on any atom is 0.331 e. The SMILES string of the molecule is CCC[C@H](C)Oc1ccc(NC2NC(=O)N(C[C@H](C)C(=O)OC)C(=O)N2Cc2ccc(C)cc2)cc1. The summed E-state index contributed by atoms with van der Waals surface area (Å²) in [5, 5.41) is 6.09. The van der Waals surface area contributed by atoms with E-state index < -0.39 is 30.2 Å². The third-order valence-corrected chi connectivity index (χ3v) is 6.02. The van der Waals surface area contributed by atoms with Crippen LogP contribution in [0.25, 0.3) is 0 Å². The van der Waals surface area contributed by atoms with Gasteiger partial charge < -0.3 is 14.8 Å². The Kier molecular flexibility index (Phi) is 9.16. The Morgan fingerprint density at radius 2 is 1.75 bits per heavy atom. The first-order valence-electron chi connectivity index (χ1n) is 12.3. The molecule has 1 saturated heterocycles. The van der Waals surface area contributed by atoms with Gasteiger partial charge in [0.1, 0.15) is 5.75 Å². The summed E-state index contributed by atoms with van der Waals surface area (Å²) >= 11 is 0. The summed E-state index contributed by atoms with van der Waals surface area (Å²) in [4.78, 5) is 40.8. The molecule has 1 heterocycles. The van der Waals surface area contributed by atoms with Crippen LogP contribution in [0.5, 0.6) is 5.75 Å². The molecule has 0 radical (unpaired) electrons. The molecule has 0 aromatic heterocycles. The van der Waals surface area contributed by atoms with Gasteiger partial charge in [-0.3, -0.25) is 15.0 Å². The number of anilines is 1. The van der Waals surface area contributed by atoms with Gasteiger partial charge in [-0.2, -0.15) is 0 Å². The van der Waals surface area contributed by atoms with Crippen molar-refractivity contribution in [2.24, 2.45) is 5.92 Å². The van der Waals surface area contributed by atoms with Crippen LogP contribution in [-0.4, -0.2) is 53.9 Å². The zero-order valence-corrected chi connectivity index (χ0v) is 21.6. The molecule has 0 bridgehead atoms. The van der Waals surface area contributed by atoms with Crippen LogP contribution in [0.4, 0.5) is 15.3 Å². The molecular formula is C27H36N4O5. The average molecular weight is 497 g/mol. The van der Waals surface area contributed by atoms with Crippen molar-refractivity contribution >= 4 is 23.7 Å². The summed E-state index contributed by atoms with van der Waals surface area (Å²) < 4.78 is 10.7. The van der Waals surface area contributed by atoms with E-state index in [0.717, 1.165) is 34.6 Å². The number of esters is 1. The average Bonchev–Trinajstić information content (AvgIpc) is 2.86. The molecule has 2 aromatic rings. The van der Waals surface area contributed by atoms with Crippen molar-refractivity contribution in [1.82, 2.24) is 15.1 Å². The molecule has 36 heavy (non-hydrogen) atoms. The van der Waals surface area contributed by atoms with Crippen LogP contribution in [-0.2, 0) is 16.1 Å². The molecule has 9 heteroatoms. The Bertz CT molecular complexity index is 1040. The maximum absolute atomic E-state index is 13.5. The van der Waals surface area contributed by atoms with Crippen LogP contribution in [0.2, 0.25) is 0 Å². The predicted molar refractivity (Wildman–Crippen MR) is 137 cm³/mol. The lowest BCUT2D eigenvalue weighted by atomic mass is 10.1. The number of benzene rings is 2. The molecule has 1 unspecified atom stereocenters. The lowest BCUT2D eigenvalue weighted by molar-refractivity contribution is -0.145. The summed E-state index contributed by atoms with van der Waals surface area (Å²) in [6.45, 7) is 7.94. The second-order valence-corrected chi connectivity index (χ2v) is 9.17. The summed E-state index contributed by atoms with van der Waals surface area (Å²) in [5.74, 6) is -0.390. The number of carbonyl (C=O) groups is 3. The third-order valence-electron chi connectivity index (χ3n) is 6.02. The normalized spacial score (nSPS) is 17.3. The molecule has 0 spiro atoms. The van der Waals surface area contributed by atoms with Crippen molar-refractivity contribution in [2.75, 3.05) is 19.0 Å². The highest BCUT2D eigenvalue weighted by molar-refractivity contribution is 5.96. The van der Waals surface area contributed by atoms with E-state index >= 15 is 0 Å². The number of nitrogens with one attached hydrogen (secondary N) is 2. The number of urea groups is 2. The van der Waals surface area contributed by atoms with Crippen molar-refractivity contribution in [3.8, 4) is 5.75 Å². The van der Waals surface area contributed by atoms with Gasteiger partial charge in [-0.15, -0.1) is 0 Å². The number of carbonyl (C=O) groups excluding carboxylic acids is 3. The Morgan fingerprint density at radius 3 is 2.36 bits per heavy atom. The van der Waals surface area contributed by atoms with E-state index in [2.05, 4.69) is 17.6 Å². The Balaban J connectivity index is 1.79. The van der Waals surface area contributed by atoms with Crippen molar-refractivity contribution in [2.45, 2.75) is 59.5 Å². The monoisotopic (exact) mass is 496 g/mol. The Morgan fingerprint density at radius 1 is 1.08 bits per heavy atom. The topological polar surface area (TPSA) is 100 Å². The highest BCUT2D eigenvalue weighted by Gasteiger charge is 2.39. The predicted octanol–water partition coefficient (Wildman–Crippen LogP) is 4.71. The number of imide groups is 1. The molecule has 9 nitrogen and oxygen atoms in total. The molecule has 0 saturated carbocycles. The molecule has 0 aliphatic carbocycles. The fourth-order valence-corrected chi connectivity index (χ4v) is 3.98. The molecule has 1 fully saturated rings. The molecule has 3 rings (SSSR count). The van der Waals surface area contributed by atoms with E-state index in [1.807, 2.05) is 62.4 Å². The largest absolute Gasteiger partial charge is 0.491 e. The smallest absolute Gasteiger partial charge is 0.331 e. The fraction of sp³-hybridized carbons (Fsp3) is 0.444. The molecule has 194 valence electrons. The minimum absolute atomic E-state index is 0.0869. The van der Waals surface area contributed by atoms with Gasteiger partial charge in [-0.1, -0.05) is 50.1 Å². The summed E-state index contributed by atoms with van der Waals surface area (Å²) in [6, 6.07) is 14.2. The number of hydrogen-bond donors (Lipinski definition) is 2. The highest BCUT2D eigenvalue weighted by Crippen LogP contribution is 2.22. The van der Waals surface area contributed by atoms with Crippen LogP contribution in [0.1, 0.15) is 44.7 Å².